The molecule has 0 saturated carbocycles. The molecule has 3 aromatic rings. The molecule has 5 heteroatoms. The van der Waals surface area contributed by atoms with Gasteiger partial charge in [0, 0.05) is 23.4 Å². The third-order valence-corrected chi connectivity index (χ3v) is 3.28. The standard InChI is InChI=1S/C16H15N3O2/c1-20-15-7-12-13(8-16(15)21-2)19-14(9-18-12)10-5-3-4-6-11(10)17/h3-9H,17H2,1-2H3. The molecule has 2 aromatic carbocycles. The van der Waals surface area contributed by atoms with Gasteiger partial charge in [0.05, 0.1) is 37.1 Å². The van der Waals surface area contributed by atoms with Crippen LogP contribution in [0.15, 0.2) is 42.6 Å². The molecule has 0 aliphatic rings. The zero-order chi connectivity index (χ0) is 14.8. The summed E-state index contributed by atoms with van der Waals surface area (Å²) in [5.74, 6) is 1.25. The van der Waals surface area contributed by atoms with Crippen LogP contribution in [0.1, 0.15) is 0 Å². The molecular formula is C16H15N3O2. The molecule has 0 spiro atoms. The minimum absolute atomic E-state index is 0.623. The van der Waals surface area contributed by atoms with Crippen LogP contribution in [-0.2, 0) is 0 Å². The van der Waals surface area contributed by atoms with Crippen LogP contribution in [0.2, 0.25) is 0 Å². The van der Waals surface area contributed by atoms with E-state index in [4.69, 9.17) is 15.2 Å². The Kier molecular flexibility index (Phi) is 3.31. The van der Waals surface area contributed by atoms with Crippen LogP contribution in [-0.4, -0.2) is 24.2 Å². The molecule has 0 saturated heterocycles. The van der Waals surface area contributed by atoms with E-state index in [-0.39, 0.29) is 0 Å². The lowest BCUT2D eigenvalue weighted by Crippen LogP contribution is -1.95. The molecule has 0 unspecified atom stereocenters. The highest BCUT2D eigenvalue weighted by atomic mass is 16.5. The van der Waals surface area contributed by atoms with E-state index in [1.807, 2.05) is 30.3 Å². The Morgan fingerprint density at radius 2 is 1.62 bits per heavy atom. The molecule has 1 heterocycles. The van der Waals surface area contributed by atoms with E-state index < -0.39 is 0 Å². The number of nitrogens with two attached hydrogens (primary N) is 1. The Labute approximate surface area is 122 Å². The van der Waals surface area contributed by atoms with Gasteiger partial charge in [-0.2, -0.15) is 0 Å². The summed E-state index contributed by atoms with van der Waals surface area (Å²) in [6.45, 7) is 0. The van der Waals surface area contributed by atoms with E-state index in [1.54, 1.807) is 26.5 Å². The van der Waals surface area contributed by atoms with Crippen LogP contribution in [0.5, 0.6) is 11.5 Å². The first-order valence-electron chi connectivity index (χ1n) is 6.46. The Morgan fingerprint density at radius 3 is 2.29 bits per heavy atom. The van der Waals surface area contributed by atoms with Gasteiger partial charge in [0.15, 0.2) is 11.5 Å². The number of fused-ring (bicyclic) bond motifs is 1. The molecule has 1 aromatic heterocycles. The number of anilines is 1. The summed E-state index contributed by atoms with van der Waals surface area (Å²) in [6.07, 6.45) is 1.71. The first kappa shape index (κ1) is 13.2. The number of hydrogen-bond donors (Lipinski definition) is 1. The summed E-state index contributed by atoms with van der Waals surface area (Å²) in [5.41, 5.74) is 9.72. The van der Waals surface area contributed by atoms with Gasteiger partial charge < -0.3 is 15.2 Å². The SMILES string of the molecule is COc1cc2ncc(-c3ccccc3N)nc2cc1OC. The lowest BCUT2D eigenvalue weighted by molar-refractivity contribution is 0.355. The van der Waals surface area contributed by atoms with Crippen LogP contribution < -0.4 is 15.2 Å². The molecule has 0 radical (unpaired) electrons. The smallest absolute Gasteiger partial charge is 0.163 e. The molecule has 0 aliphatic carbocycles. The number of methoxy groups -OCH3 is 2. The third-order valence-electron chi connectivity index (χ3n) is 3.28. The number of nitrogen functional groups attached to an aromatic ring is 1. The van der Waals surface area contributed by atoms with Crippen LogP contribution in [0.25, 0.3) is 22.3 Å². The number of hydrogen-bond acceptors (Lipinski definition) is 5. The van der Waals surface area contributed by atoms with E-state index in [9.17, 15) is 0 Å². The second kappa shape index (κ2) is 5.28. The maximum absolute atomic E-state index is 5.99. The van der Waals surface area contributed by atoms with Crippen LogP contribution in [0.3, 0.4) is 0 Å². The first-order chi connectivity index (χ1) is 10.2. The zero-order valence-electron chi connectivity index (χ0n) is 11.8. The summed E-state index contributed by atoms with van der Waals surface area (Å²) in [5, 5.41) is 0. The van der Waals surface area contributed by atoms with Gasteiger partial charge in [-0.1, -0.05) is 18.2 Å². The third kappa shape index (κ3) is 2.33. The van der Waals surface area contributed by atoms with Gasteiger partial charge in [0.1, 0.15) is 0 Å². The van der Waals surface area contributed by atoms with Gasteiger partial charge in [-0.25, -0.2) is 4.98 Å². The van der Waals surface area contributed by atoms with Crippen LogP contribution in [0.4, 0.5) is 5.69 Å². The Balaban J connectivity index is 2.18. The van der Waals surface area contributed by atoms with Gasteiger partial charge in [-0.05, 0) is 6.07 Å². The minimum atomic E-state index is 0.623. The summed E-state index contributed by atoms with van der Waals surface area (Å²) >= 11 is 0. The molecule has 0 amide bonds. The van der Waals surface area contributed by atoms with Crippen molar-refractivity contribution in [1.82, 2.24) is 9.97 Å². The van der Waals surface area contributed by atoms with E-state index in [1.165, 1.54) is 0 Å². The van der Waals surface area contributed by atoms with Gasteiger partial charge in [0.25, 0.3) is 0 Å². The van der Waals surface area contributed by atoms with E-state index >= 15 is 0 Å². The van der Waals surface area contributed by atoms with E-state index in [0.717, 1.165) is 22.3 Å². The highest BCUT2D eigenvalue weighted by Gasteiger charge is 2.10. The lowest BCUT2D eigenvalue weighted by atomic mass is 10.1. The fourth-order valence-electron chi connectivity index (χ4n) is 2.20. The Hall–Kier alpha value is -2.82. The summed E-state index contributed by atoms with van der Waals surface area (Å²) in [4.78, 5) is 9.04. The van der Waals surface area contributed by atoms with Crippen molar-refractivity contribution in [2.45, 2.75) is 0 Å². The van der Waals surface area contributed by atoms with Crippen molar-refractivity contribution < 1.29 is 9.47 Å². The highest BCUT2D eigenvalue weighted by molar-refractivity contribution is 5.83. The zero-order valence-corrected chi connectivity index (χ0v) is 11.8. The van der Waals surface area contributed by atoms with Crippen LogP contribution in [0, 0.1) is 0 Å². The van der Waals surface area contributed by atoms with E-state index in [2.05, 4.69) is 9.97 Å². The Morgan fingerprint density at radius 1 is 0.952 bits per heavy atom. The van der Waals surface area contributed by atoms with Crippen molar-refractivity contribution >= 4 is 16.7 Å². The average molecular weight is 281 g/mol. The van der Waals surface area contributed by atoms with Gasteiger partial charge in [-0.3, -0.25) is 4.98 Å². The molecular weight excluding hydrogens is 266 g/mol. The number of benzene rings is 2. The number of nitrogens with zero attached hydrogens (tertiary/aromatic N) is 2. The topological polar surface area (TPSA) is 70.3 Å². The molecule has 21 heavy (non-hydrogen) atoms. The minimum Gasteiger partial charge on any atom is -0.493 e. The van der Waals surface area contributed by atoms with Crippen molar-refractivity contribution in [3.05, 3.63) is 42.6 Å². The number of rotatable bonds is 3. The molecule has 2 N–H and O–H groups in total. The maximum atomic E-state index is 5.99. The molecule has 0 bridgehead atoms. The fourth-order valence-corrected chi connectivity index (χ4v) is 2.20. The maximum Gasteiger partial charge on any atom is 0.163 e. The normalized spacial score (nSPS) is 10.6. The van der Waals surface area contributed by atoms with Gasteiger partial charge in [-0.15, -0.1) is 0 Å². The van der Waals surface area contributed by atoms with Crippen molar-refractivity contribution in [2.75, 3.05) is 20.0 Å². The fraction of sp³-hybridized carbons (Fsp3) is 0.125. The van der Waals surface area contributed by atoms with Crippen molar-refractivity contribution in [2.24, 2.45) is 0 Å². The predicted octanol–water partition coefficient (Wildman–Crippen LogP) is 2.90. The number of ether oxygens (including phenoxy) is 2. The van der Waals surface area contributed by atoms with Crippen molar-refractivity contribution in [3.8, 4) is 22.8 Å². The predicted molar refractivity (Wildman–Crippen MR) is 82.5 cm³/mol. The molecule has 3 rings (SSSR count). The average Bonchev–Trinajstić information content (AvgIpc) is 2.53. The van der Waals surface area contributed by atoms with Crippen molar-refractivity contribution in [1.29, 1.82) is 0 Å². The molecule has 106 valence electrons. The number of para-hydroxylation sites is 1. The second-order valence-electron chi connectivity index (χ2n) is 4.54. The molecule has 0 fully saturated rings. The second-order valence-corrected chi connectivity index (χ2v) is 4.54. The van der Waals surface area contributed by atoms with Gasteiger partial charge >= 0.3 is 0 Å². The quantitative estimate of drug-likeness (QED) is 0.747. The molecule has 0 atom stereocenters. The summed E-state index contributed by atoms with van der Waals surface area (Å²) in [6, 6.07) is 11.2. The number of aromatic nitrogens is 2. The van der Waals surface area contributed by atoms with Gasteiger partial charge in [0.2, 0.25) is 0 Å². The monoisotopic (exact) mass is 281 g/mol. The first-order valence-corrected chi connectivity index (χ1v) is 6.46. The highest BCUT2D eigenvalue weighted by Crippen LogP contribution is 2.32. The Bertz CT molecular complexity index is 803. The van der Waals surface area contributed by atoms with Crippen molar-refractivity contribution in [3.63, 3.8) is 0 Å². The lowest BCUT2D eigenvalue weighted by Gasteiger charge is -2.10. The van der Waals surface area contributed by atoms with Crippen LogP contribution >= 0.6 is 0 Å². The summed E-state index contributed by atoms with van der Waals surface area (Å²) < 4.78 is 10.6. The van der Waals surface area contributed by atoms with E-state index in [0.29, 0.717) is 17.2 Å². The molecule has 0 aliphatic heterocycles. The summed E-state index contributed by atoms with van der Waals surface area (Å²) in [7, 11) is 3.19. The largest absolute Gasteiger partial charge is 0.493 e. The molecule has 5 nitrogen and oxygen atoms in total.